The van der Waals surface area contributed by atoms with Gasteiger partial charge >= 0.3 is 0 Å². The van der Waals surface area contributed by atoms with Gasteiger partial charge in [0.05, 0.1) is 7.11 Å². The van der Waals surface area contributed by atoms with Crippen LogP contribution in [0.3, 0.4) is 0 Å². The molecule has 0 spiro atoms. The van der Waals surface area contributed by atoms with E-state index >= 15 is 0 Å². The van der Waals surface area contributed by atoms with Crippen LogP contribution >= 0.6 is 0 Å². The van der Waals surface area contributed by atoms with Crippen molar-refractivity contribution in [3.63, 3.8) is 0 Å². The quantitative estimate of drug-likeness (QED) is 0.906. The van der Waals surface area contributed by atoms with Gasteiger partial charge in [0, 0.05) is 0 Å². The van der Waals surface area contributed by atoms with Gasteiger partial charge in [-0.2, -0.15) is 0 Å². The number of methoxy groups -OCH3 is 1. The first-order valence-corrected chi connectivity index (χ1v) is 8.25. The fraction of sp³-hybridized carbons (Fsp3) is 0.400. The van der Waals surface area contributed by atoms with Crippen LogP contribution in [-0.2, 0) is 5.60 Å². The molecular weight excluding hydrogens is 288 g/mol. The van der Waals surface area contributed by atoms with Crippen molar-refractivity contribution in [1.29, 1.82) is 0 Å². The van der Waals surface area contributed by atoms with Crippen molar-refractivity contribution in [2.24, 2.45) is 0 Å². The van der Waals surface area contributed by atoms with Crippen molar-refractivity contribution in [1.82, 2.24) is 0 Å². The SMILES string of the molecule is COc1ccc(C(O)(c2ccccc2)C2(O)CCCCC2)cc1. The van der Waals surface area contributed by atoms with Gasteiger partial charge in [-0.25, -0.2) is 0 Å². The molecule has 122 valence electrons. The van der Waals surface area contributed by atoms with Gasteiger partial charge in [-0.1, -0.05) is 61.7 Å². The molecule has 1 atom stereocenters. The average Bonchev–Trinajstić information content (AvgIpc) is 2.62. The zero-order valence-corrected chi connectivity index (χ0v) is 13.5. The molecule has 2 aromatic carbocycles. The standard InChI is InChI=1S/C20H24O3/c1-23-18-12-10-17(11-13-18)20(22,16-8-4-2-5-9-16)19(21)14-6-3-7-15-19/h2,4-5,8-13,21-22H,3,6-7,14-15H2,1H3. The molecule has 23 heavy (non-hydrogen) atoms. The minimum absolute atomic E-state index is 0.602. The van der Waals surface area contributed by atoms with Crippen LogP contribution in [0.1, 0.15) is 43.2 Å². The summed E-state index contributed by atoms with van der Waals surface area (Å²) in [7, 11) is 1.62. The first-order valence-electron chi connectivity index (χ1n) is 8.25. The summed E-state index contributed by atoms with van der Waals surface area (Å²) in [4.78, 5) is 0. The van der Waals surface area contributed by atoms with Crippen molar-refractivity contribution in [2.75, 3.05) is 7.11 Å². The normalized spacial score (nSPS) is 19.8. The van der Waals surface area contributed by atoms with Gasteiger partial charge in [-0.05, 0) is 36.1 Å². The second-order valence-corrected chi connectivity index (χ2v) is 6.40. The van der Waals surface area contributed by atoms with Gasteiger partial charge in [0.1, 0.15) is 17.0 Å². The van der Waals surface area contributed by atoms with Crippen molar-refractivity contribution in [3.8, 4) is 5.75 Å². The Hall–Kier alpha value is -1.84. The van der Waals surface area contributed by atoms with E-state index in [1.54, 1.807) is 7.11 Å². The van der Waals surface area contributed by atoms with Gasteiger partial charge in [-0.15, -0.1) is 0 Å². The van der Waals surface area contributed by atoms with Crippen LogP contribution < -0.4 is 4.74 Å². The molecule has 1 saturated carbocycles. The van der Waals surface area contributed by atoms with Crippen molar-refractivity contribution < 1.29 is 14.9 Å². The highest BCUT2D eigenvalue weighted by Crippen LogP contribution is 2.47. The molecule has 1 aliphatic carbocycles. The lowest BCUT2D eigenvalue weighted by Gasteiger charge is -2.46. The van der Waals surface area contributed by atoms with Crippen molar-refractivity contribution in [3.05, 3.63) is 65.7 Å². The van der Waals surface area contributed by atoms with E-state index in [0.717, 1.165) is 30.6 Å². The summed E-state index contributed by atoms with van der Waals surface area (Å²) in [6.07, 6.45) is 4.17. The van der Waals surface area contributed by atoms with E-state index in [9.17, 15) is 10.2 Å². The van der Waals surface area contributed by atoms with Crippen LogP contribution in [0.4, 0.5) is 0 Å². The monoisotopic (exact) mass is 312 g/mol. The Balaban J connectivity index is 2.12. The average molecular weight is 312 g/mol. The molecule has 3 nitrogen and oxygen atoms in total. The predicted octanol–water partition coefficient (Wildman–Crippen LogP) is 3.63. The molecule has 0 aliphatic heterocycles. The molecule has 1 unspecified atom stereocenters. The summed E-state index contributed by atoms with van der Waals surface area (Å²) in [5.74, 6) is 0.736. The Morgan fingerprint density at radius 3 is 2.00 bits per heavy atom. The summed E-state index contributed by atoms with van der Waals surface area (Å²) in [6, 6.07) is 16.8. The number of benzene rings is 2. The predicted molar refractivity (Wildman–Crippen MR) is 90.5 cm³/mol. The molecule has 0 amide bonds. The number of ether oxygens (including phenoxy) is 1. The van der Waals surface area contributed by atoms with E-state index in [4.69, 9.17) is 4.74 Å². The number of rotatable bonds is 4. The highest BCUT2D eigenvalue weighted by atomic mass is 16.5. The van der Waals surface area contributed by atoms with E-state index < -0.39 is 11.2 Å². The largest absolute Gasteiger partial charge is 0.497 e. The number of hydrogen-bond acceptors (Lipinski definition) is 3. The molecule has 2 N–H and O–H groups in total. The van der Waals surface area contributed by atoms with Crippen LogP contribution in [0.25, 0.3) is 0 Å². The molecule has 1 fully saturated rings. The van der Waals surface area contributed by atoms with Crippen LogP contribution in [0.2, 0.25) is 0 Å². The number of aliphatic hydroxyl groups is 2. The first kappa shape index (κ1) is 16.0. The lowest BCUT2D eigenvalue weighted by Crippen LogP contribution is -2.53. The highest BCUT2D eigenvalue weighted by molar-refractivity contribution is 5.42. The first-order chi connectivity index (χ1) is 11.1. The van der Waals surface area contributed by atoms with Crippen molar-refractivity contribution in [2.45, 2.75) is 43.3 Å². The lowest BCUT2D eigenvalue weighted by atomic mass is 9.66. The lowest BCUT2D eigenvalue weighted by molar-refractivity contribution is -0.151. The Bertz CT molecular complexity index is 630. The molecular formula is C20H24O3. The van der Waals surface area contributed by atoms with Crippen LogP contribution in [0.15, 0.2) is 54.6 Å². The highest BCUT2D eigenvalue weighted by Gasteiger charge is 2.51. The minimum atomic E-state index is -1.42. The Labute approximate surface area is 137 Å². The number of hydrogen-bond donors (Lipinski definition) is 2. The van der Waals surface area contributed by atoms with Crippen LogP contribution in [0, 0.1) is 0 Å². The molecule has 1 aliphatic rings. The van der Waals surface area contributed by atoms with Gasteiger partial charge in [0.25, 0.3) is 0 Å². The third-order valence-electron chi connectivity index (χ3n) is 5.05. The molecule has 3 heteroatoms. The van der Waals surface area contributed by atoms with Gasteiger partial charge in [-0.3, -0.25) is 0 Å². The zero-order valence-electron chi connectivity index (χ0n) is 13.5. The third-order valence-corrected chi connectivity index (χ3v) is 5.05. The van der Waals surface area contributed by atoms with E-state index in [1.165, 1.54) is 0 Å². The summed E-state index contributed by atoms with van der Waals surface area (Å²) >= 11 is 0. The smallest absolute Gasteiger partial charge is 0.143 e. The molecule has 0 bridgehead atoms. The van der Waals surface area contributed by atoms with Crippen molar-refractivity contribution >= 4 is 0 Å². The second kappa shape index (κ2) is 6.34. The van der Waals surface area contributed by atoms with Gasteiger partial charge < -0.3 is 14.9 Å². The second-order valence-electron chi connectivity index (χ2n) is 6.40. The molecule has 3 rings (SSSR count). The van der Waals surface area contributed by atoms with Gasteiger partial charge in [0.2, 0.25) is 0 Å². The summed E-state index contributed by atoms with van der Waals surface area (Å²) in [5.41, 5.74) is -1.13. The maximum Gasteiger partial charge on any atom is 0.143 e. The van der Waals surface area contributed by atoms with E-state index in [-0.39, 0.29) is 0 Å². The summed E-state index contributed by atoms with van der Waals surface area (Å²) in [5, 5.41) is 23.1. The fourth-order valence-corrected chi connectivity index (χ4v) is 3.71. The molecule has 0 heterocycles. The molecule has 0 aromatic heterocycles. The van der Waals surface area contributed by atoms with E-state index in [2.05, 4.69) is 0 Å². The van der Waals surface area contributed by atoms with Crippen LogP contribution in [0.5, 0.6) is 5.75 Å². The maximum atomic E-state index is 11.7. The topological polar surface area (TPSA) is 49.7 Å². The zero-order chi connectivity index (χ0) is 16.3. The minimum Gasteiger partial charge on any atom is -0.497 e. The van der Waals surface area contributed by atoms with E-state index in [1.807, 2.05) is 54.6 Å². The summed E-state index contributed by atoms with van der Waals surface area (Å²) in [6.45, 7) is 0. The maximum absolute atomic E-state index is 11.7. The summed E-state index contributed by atoms with van der Waals surface area (Å²) < 4.78 is 5.21. The molecule has 2 aromatic rings. The molecule has 0 saturated heterocycles. The van der Waals surface area contributed by atoms with Crippen LogP contribution in [-0.4, -0.2) is 22.9 Å². The Kier molecular flexibility index (Phi) is 4.42. The van der Waals surface area contributed by atoms with Gasteiger partial charge in [0.15, 0.2) is 0 Å². The third kappa shape index (κ3) is 2.75. The molecule has 0 radical (unpaired) electrons. The Morgan fingerprint density at radius 1 is 0.870 bits per heavy atom. The Morgan fingerprint density at radius 2 is 1.43 bits per heavy atom. The fourth-order valence-electron chi connectivity index (χ4n) is 3.71. The van der Waals surface area contributed by atoms with E-state index in [0.29, 0.717) is 18.4 Å².